The number of ether oxygens (including phenoxy) is 2. The maximum absolute atomic E-state index is 13.1. The van der Waals surface area contributed by atoms with Crippen LogP contribution in [0.15, 0.2) is 23.1 Å². The van der Waals surface area contributed by atoms with Gasteiger partial charge in [0.05, 0.1) is 29.7 Å². The van der Waals surface area contributed by atoms with E-state index < -0.39 is 15.4 Å². The molecule has 0 bridgehead atoms. The van der Waals surface area contributed by atoms with E-state index in [2.05, 4.69) is 15.4 Å². The van der Waals surface area contributed by atoms with Crippen LogP contribution in [0.1, 0.15) is 25.7 Å². The lowest BCUT2D eigenvalue weighted by Gasteiger charge is -2.35. The number of anilines is 1. The Balaban J connectivity index is 1.85. The molecule has 1 saturated heterocycles. The van der Waals surface area contributed by atoms with Crippen molar-refractivity contribution >= 4 is 21.6 Å². The quantitative estimate of drug-likeness (QED) is 0.606. The fourth-order valence-electron chi connectivity index (χ4n) is 3.31. The predicted octanol–water partition coefficient (Wildman–Crippen LogP) is 1.09. The van der Waals surface area contributed by atoms with Crippen LogP contribution in [0.5, 0.6) is 5.75 Å². The molecule has 2 fully saturated rings. The van der Waals surface area contributed by atoms with Crippen LogP contribution in [0, 0.1) is 5.41 Å². The van der Waals surface area contributed by atoms with Crippen molar-refractivity contribution in [1.82, 2.24) is 10.0 Å². The maximum atomic E-state index is 13.1. The van der Waals surface area contributed by atoms with E-state index in [4.69, 9.17) is 9.47 Å². The van der Waals surface area contributed by atoms with Crippen LogP contribution >= 0.6 is 0 Å². The molecule has 9 heteroatoms. The van der Waals surface area contributed by atoms with E-state index in [9.17, 15) is 13.2 Å². The Hall–Kier alpha value is -1.68. The number of carbonyl (C=O) groups excluding carboxylic acids is 1. The SMILES string of the molecule is COCC1(C(=O)Nc2cc(S(=O)(=O)NC3CC3)ccc2OC)CCNCC1. The first-order valence-electron chi connectivity index (χ1n) is 9.12. The average Bonchev–Trinajstić information content (AvgIpc) is 3.46. The van der Waals surface area contributed by atoms with Crippen molar-refractivity contribution < 1.29 is 22.7 Å². The van der Waals surface area contributed by atoms with Crippen molar-refractivity contribution in [2.24, 2.45) is 5.41 Å². The molecule has 1 aromatic carbocycles. The summed E-state index contributed by atoms with van der Waals surface area (Å²) in [4.78, 5) is 13.2. The second-order valence-electron chi connectivity index (χ2n) is 7.18. The molecule has 1 aliphatic heterocycles. The van der Waals surface area contributed by atoms with E-state index in [1.165, 1.54) is 19.2 Å². The second-order valence-corrected chi connectivity index (χ2v) is 8.89. The summed E-state index contributed by atoms with van der Waals surface area (Å²) in [5.41, 5.74) is -0.304. The minimum atomic E-state index is -3.62. The lowest BCUT2D eigenvalue weighted by atomic mass is 9.78. The Morgan fingerprint density at radius 1 is 1.26 bits per heavy atom. The normalized spacial score (nSPS) is 19.5. The summed E-state index contributed by atoms with van der Waals surface area (Å²) < 4.78 is 38.3. The number of rotatable bonds is 8. The Morgan fingerprint density at radius 2 is 1.96 bits per heavy atom. The Morgan fingerprint density at radius 3 is 2.56 bits per heavy atom. The highest BCUT2D eigenvalue weighted by atomic mass is 32.2. The second kappa shape index (κ2) is 8.14. The van der Waals surface area contributed by atoms with Gasteiger partial charge in [0.1, 0.15) is 5.75 Å². The summed E-state index contributed by atoms with van der Waals surface area (Å²) >= 11 is 0. The first-order valence-corrected chi connectivity index (χ1v) is 10.6. The zero-order chi connectivity index (χ0) is 19.5. The summed E-state index contributed by atoms with van der Waals surface area (Å²) in [5.74, 6) is 0.226. The number of carbonyl (C=O) groups is 1. The molecule has 0 unspecified atom stereocenters. The largest absolute Gasteiger partial charge is 0.495 e. The molecule has 150 valence electrons. The number of nitrogens with one attached hydrogen (secondary N) is 3. The third kappa shape index (κ3) is 4.60. The Bertz CT molecular complexity index is 781. The lowest BCUT2D eigenvalue weighted by molar-refractivity contribution is -0.130. The van der Waals surface area contributed by atoms with Crippen molar-refractivity contribution in [1.29, 1.82) is 0 Å². The van der Waals surface area contributed by atoms with Gasteiger partial charge in [0.15, 0.2) is 0 Å². The molecular weight excluding hydrogens is 370 g/mol. The highest BCUT2D eigenvalue weighted by Gasteiger charge is 2.40. The first-order chi connectivity index (χ1) is 12.9. The standard InChI is InChI=1S/C18H27N3O5S/c1-25-12-18(7-9-19-10-8-18)17(22)20-15-11-14(5-6-16(15)26-2)27(23,24)21-13-3-4-13/h5-6,11,13,19,21H,3-4,7-10,12H2,1-2H3,(H,20,22). The van der Waals surface area contributed by atoms with E-state index in [1.807, 2.05) is 0 Å². The average molecular weight is 397 g/mol. The number of methoxy groups -OCH3 is 2. The molecular formula is C18H27N3O5S. The molecule has 0 atom stereocenters. The molecule has 1 saturated carbocycles. The van der Waals surface area contributed by atoms with Gasteiger partial charge in [-0.15, -0.1) is 0 Å². The predicted molar refractivity (Wildman–Crippen MR) is 101 cm³/mol. The van der Waals surface area contributed by atoms with Gasteiger partial charge < -0.3 is 20.1 Å². The van der Waals surface area contributed by atoms with E-state index in [0.717, 1.165) is 25.9 Å². The molecule has 1 aliphatic carbocycles. The van der Waals surface area contributed by atoms with E-state index >= 15 is 0 Å². The molecule has 27 heavy (non-hydrogen) atoms. The van der Waals surface area contributed by atoms with E-state index in [0.29, 0.717) is 30.9 Å². The smallest absolute Gasteiger partial charge is 0.240 e. The van der Waals surface area contributed by atoms with Crippen LogP contribution in [0.2, 0.25) is 0 Å². The van der Waals surface area contributed by atoms with Gasteiger partial charge in [0.2, 0.25) is 15.9 Å². The molecule has 1 aromatic rings. The van der Waals surface area contributed by atoms with Crippen LogP contribution in [-0.2, 0) is 19.6 Å². The highest BCUT2D eigenvalue weighted by molar-refractivity contribution is 7.89. The zero-order valence-electron chi connectivity index (χ0n) is 15.7. The first kappa shape index (κ1) is 20.1. The van der Waals surface area contributed by atoms with Crippen molar-refractivity contribution in [2.45, 2.75) is 36.6 Å². The maximum Gasteiger partial charge on any atom is 0.240 e. The molecule has 0 radical (unpaired) electrons. The lowest BCUT2D eigenvalue weighted by Crippen LogP contribution is -2.47. The molecule has 3 rings (SSSR count). The Labute approximate surface area is 160 Å². The highest BCUT2D eigenvalue weighted by Crippen LogP contribution is 2.34. The molecule has 0 aromatic heterocycles. The van der Waals surface area contributed by atoms with Crippen LogP contribution in [0.3, 0.4) is 0 Å². The van der Waals surface area contributed by atoms with Gasteiger partial charge in [-0.3, -0.25) is 4.79 Å². The number of sulfonamides is 1. The number of benzene rings is 1. The third-order valence-corrected chi connectivity index (χ3v) is 6.61. The van der Waals surface area contributed by atoms with Gasteiger partial charge in [-0.05, 0) is 57.0 Å². The monoisotopic (exact) mass is 397 g/mol. The summed E-state index contributed by atoms with van der Waals surface area (Å²) in [5, 5.41) is 6.12. The van der Waals surface area contributed by atoms with Crippen LogP contribution in [0.4, 0.5) is 5.69 Å². The number of amides is 1. The van der Waals surface area contributed by atoms with Gasteiger partial charge in [0.25, 0.3) is 0 Å². The van der Waals surface area contributed by atoms with Crippen molar-refractivity contribution in [3.63, 3.8) is 0 Å². The molecule has 8 nitrogen and oxygen atoms in total. The third-order valence-electron chi connectivity index (χ3n) is 5.09. The van der Waals surface area contributed by atoms with Gasteiger partial charge in [0, 0.05) is 13.2 Å². The van der Waals surface area contributed by atoms with E-state index in [1.54, 1.807) is 13.2 Å². The molecule has 1 heterocycles. The molecule has 2 aliphatic rings. The molecule has 0 spiro atoms. The fraction of sp³-hybridized carbons (Fsp3) is 0.611. The van der Waals surface area contributed by atoms with Crippen LogP contribution in [-0.4, -0.2) is 54.3 Å². The van der Waals surface area contributed by atoms with Crippen molar-refractivity contribution in [3.05, 3.63) is 18.2 Å². The minimum absolute atomic E-state index is 0.00912. The van der Waals surface area contributed by atoms with Gasteiger partial charge >= 0.3 is 0 Å². The molecule has 1 amide bonds. The van der Waals surface area contributed by atoms with Crippen molar-refractivity contribution in [2.75, 3.05) is 39.2 Å². The summed E-state index contributed by atoms with van der Waals surface area (Å²) in [7, 11) is -0.561. The van der Waals surface area contributed by atoms with Crippen LogP contribution in [0.25, 0.3) is 0 Å². The van der Waals surface area contributed by atoms with E-state index in [-0.39, 0.29) is 16.8 Å². The fourth-order valence-corrected chi connectivity index (χ4v) is 4.64. The number of piperidine rings is 1. The van der Waals surface area contributed by atoms with Gasteiger partial charge in [-0.25, -0.2) is 13.1 Å². The minimum Gasteiger partial charge on any atom is -0.495 e. The summed E-state index contributed by atoms with van der Waals surface area (Å²) in [6.07, 6.45) is 3.01. The topological polar surface area (TPSA) is 106 Å². The van der Waals surface area contributed by atoms with Crippen molar-refractivity contribution in [3.8, 4) is 5.75 Å². The van der Waals surface area contributed by atoms with Gasteiger partial charge in [-0.1, -0.05) is 0 Å². The summed E-state index contributed by atoms with van der Waals surface area (Å²) in [6, 6.07) is 4.50. The van der Waals surface area contributed by atoms with Gasteiger partial charge in [-0.2, -0.15) is 0 Å². The Kier molecular flexibility index (Phi) is 6.05. The zero-order valence-corrected chi connectivity index (χ0v) is 16.5. The molecule has 3 N–H and O–H groups in total. The van der Waals surface area contributed by atoms with Crippen LogP contribution < -0.4 is 20.1 Å². The number of hydrogen-bond donors (Lipinski definition) is 3. The number of hydrogen-bond acceptors (Lipinski definition) is 6. The summed E-state index contributed by atoms with van der Waals surface area (Å²) in [6.45, 7) is 1.77.